The minimum atomic E-state index is -0.195. The van der Waals surface area contributed by atoms with Gasteiger partial charge in [-0.15, -0.1) is 0 Å². The minimum absolute atomic E-state index is 0.195. The third kappa shape index (κ3) is 5.04. The van der Waals surface area contributed by atoms with Gasteiger partial charge in [0.1, 0.15) is 0 Å². The van der Waals surface area contributed by atoms with Crippen molar-refractivity contribution in [2.45, 2.75) is 45.6 Å². The topological polar surface area (TPSA) is 49.6 Å². The number of primary amides is 1. The highest BCUT2D eigenvalue weighted by atomic mass is 16.1. The molecular formula is C13H27N3O. The van der Waals surface area contributed by atoms with Gasteiger partial charge in [-0.2, -0.15) is 0 Å². The van der Waals surface area contributed by atoms with E-state index in [1.807, 2.05) is 0 Å². The molecule has 0 bridgehead atoms. The van der Waals surface area contributed by atoms with Crippen LogP contribution in [0.3, 0.4) is 0 Å². The molecule has 100 valence electrons. The Hall–Kier alpha value is -0.610. The summed E-state index contributed by atoms with van der Waals surface area (Å²) in [6.07, 6.45) is 4.87. The van der Waals surface area contributed by atoms with Gasteiger partial charge in [-0.3, -0.25) is 9.69 Å². The van der Waals surface area contributed by atoms with Gasteiger partial charge in [0.2, 0.25) is 5.91 Å². The maximum atomic E-state index is 11.0. The first kappa shape index (κ1) is 14.5. The number of likely N-dealkylation sites (tertiary alicyclic amines) is 1. The largest absolute Gasteiger partial charge is 0.369 e. The van der Waals surface area contributed by atoms with Gasteiger partial charge in [0.25, 0.3) is 0 Å². The summed E-state index contributed by atoms with van der Waals surface area (Å²) < 4.78 is 0. The highest BCUT2D eigenvalue weighted by Crippen LogP contribution is 2.19. The third-order valence-corrected chi connectivity index (χ3v) is 3.78. The zero-order valence-corrected chi connectivity index (χ0v) is 11.3. The van der Waals surface area contributed by atoms with Crippen LogP contribution in [0, 0.1) is 0 Å². The Morgan fingerprint density at radius 2 is 2.06 bits per heavy atom. The highest BCUT2D eigenvalue weighted by molar-refractivity contribution is 5.75. The Kier molecular flexibility index (Phi) is 6.52. The molecule has 0 saturated carbocycles. The second-order valence-electron chi connectivity index (χ2n) is 4.90. The van der Waals surface area contributed by atoms with Gasteiger partial charge >= 0.3 is 0 Å². The summed E-state index contributed by atoms with van der Waals surface area (Å²) in [6.45, 7) is 9.22. The smallest absolute Gasteiger partial charge is 0.231 e. The van der Waals surface area contributed by atoms with E-state index in [0.717, 1.165) is 32.6 Å². The fourth-order valence-electron chi connectivity index (χ4n) is 2.67. The van der Waals surface area contributed by atoms with Crippen LogP contribution in [-0.4, -0.2) is 54.5 Å². The van der Waals surface area contributed by atoms with E-state index in [-0.39, 0.29) is 5.91 Å². The van der Waals surface area contributed by atoms with E-state index in [1.54, 1.807) is 0 Å². The lowest BCUT2D eigenvalue weighted by atomic mass is 9.99. The molecule has 1 unspecified atom stereocenters. The van der Waals surface area contributed by atoms with E-state index >= 15 is 0 Å². The maximum Gasteiger partial charge on any atom is 0.231 e. The molecule has 0 aromatic rings. The average molecular weight is 241 g/mol. The predicted molar refractivity (Wildman–Crippen MR) is 70.8 cm³/mol. The fourth-order valence-corrected chi connectivity index (χ4v) is 2.67. The maximum absolute atomic E-state index is 11.0. The van der Waals surface area contributed by atoms with Crippen LogP contribution < -0.4 is 5.73 Å². The third-order valence-electron chi connectivity index (χ3n) is 3.78. The monoisotopic (exact) mass is 241 g/mol. The molecule has 0 aromatic carbocycles. The predicted octanol–water partition coefficient (Wildman–Crippen LogP) is 1.06. The molecule has 1 heterocycles. The van der Waals surface area contributed by atoms with Crippen molar-refractivity contribution in [1.82, 2.24) is 9.80 Å². The summed E-state index contributed by atoms with van der Waals surface area (Å²) in [5.74, 6) is -0.195. The number of carbonyl (C=O) groups is 1. The van der Waals surface area contributed by atoms with Crippen molar-refractivity contribution in [3.05, 3.63) is 0 Å². The van der Waals surface area contributed by atoms with Crippen molar-refractivity contribution in [2.75, 3.05) is 32.7 Å². The van der Waals surface area contributed by atoms with Crippen LogP contribution in [0.25, 0.3) is 0 Å². The number of amides is 1. The Morgan fingerprint density at radius 3 is 2.65 bits per heavy atom. The zero-order valence-electron chi connectivity index (χ0n) is 11.3. The SMILES string of the molecule is CCN(CC)CCC1CCCCN1CC(N)=O. The Bertz CT molecular complexity index is 229. The Labute approximate surface area is 105 Å². The van der Waals surface area contributed by atoms with Crippen molar-refractivity contribution in [3.63, 3.8) is 0 Å². The lowest BCUT2D eigenvalue weighted by molar-refractivity contribution is -0.120. The summed E-state index contributed by atoms with van der Waals surface area (Å²) in [4.78, 5) is 15.7. The molecular weight excluding hydrogens is 214 g/mol. The summed E-state index contributed by atoms with van der Waals surface area (Å²) in [6, 6.07) is 0.553. The van der Waals surface area contributed by atoms with E-state index in [1.165, 1.54) is 19.3 Å². The lowest BCUT2D eigenvalue weighted by Crippen LogP contribution is -2.45. The molecule has 0 spiro atoms. The van der Waals surface area contributed by atoms with Crippen LogP contribution in [0.5, 0.6) is 0 Å². The molecule has 1 aliphatic rings. The first-order chi connectivity index (χ1) is 8.17. The Morgan fingerprint density at radius 1 is 1.35 bits per heavy atom. The first-order valence-electron chi connectivity index (χ1n) is 6.92. The minimum Gasteiger partial charge on any atom is -0.369 e. The molecule has 17 heavy (non-hydrogen) atoms. The Balaban J connectivity index is 2.39. The van der Waals surface area contributed by atoms with Crippen molar-refractivity contribution in [2.24, 2.45) is 5.73 Å². The zero-order chi connectivity index (χ0) is 12.7. The van der Waals surface area contributed by atoms with E-state index in [2.05, 4.69) is 23.6 Å². The van der Waals surface area contributed by atoms with Gasteiger partial charge < -0.3 is 10.6 Å². The summed E-state index contributed by atoms with van der Waals surface area (Å²) in [5, 5.41) is 0. The van der Waals surface area contributed by atoms with Crippen LogP contribution >= 0.6 is 0 Å². The molecule has 1 aliphatic heterocycles. The molecule has 4 heteroatoms. The summed E-state index contributed by atoms with van der Waals surface area (Å²) in [7, 11) is 0. The van der Waals surface area contributed by atoms with Gasteiger partial charge in [-0.05, 0) is 45.4 Å². The van der Waals surface area contributed by atoms with Crippen LogP contribution in [0.1, 0.15) is 39.5 Å². The van der Waals surface area contributed by atoms with E-state index in [9.17, 15) is 4.79 Å². The van der Waals surface area contributed by atoms with Crippen molar-refractivity contribution < 1.29 is 4.79 Å². The standard InChI is InChI=1S/C13H27N3O/c1-3-15(4-2)10-8-12-7-5-6-9-16(12)11-13(14)17/h12H,3-11H2,1-2H3,(H2,14,17). The molecule has 1 fully saturated rings. The van der Waals surface area contributed by atoms with Crippen molar-refractivity contribution in [3.8, 4) is 0 Å². The van der Waals surface area contributed by atoms with Gasteiger partial charge in [0, 0.05) is 6.04 Å². The highest BCUT2D eigenvalue weighted by Gasteiger charge is 2.23. The molecule has 1 amide bonds. The molecule has 1 atom stereocenters. The van der Waals surface area contributed by atoms with Crippen LogP contribution in [0.2, 0.25) is 0 Å². The van der Waals surface area contributed by atoms with E-state index < -0.39 is 0 Å². The van der Waals surface area contributed by atoms with Gasteiger partial charge in [-0.1, -0.05) is 20.3 Å². The van der Waals surface area contributed by atoms with Crippen molar-refractivity contribution >= 4 is 5.91 Å². The fraction of sp³-hybridized carbons (Fsp3) is 0.923. The second kappa shape index (κ2) is 7.67. The molecule has 1 rings (SSSR count). The number of hydrogen-bond acceptors (Lipinski definition) is 3. The summed E-state index contributed by atoms with van der Waals surface area (Å²) >= 11 is 0. The van der Waals surface area contributed by atoms with Crippen LogP contribution in [0.4, 0.5) is 0 Å². The quantitative estimate of drug-likeness (QED) is 0.725. The number of nitrogens with two attached hydrogens (primary N) is 1. The number of carbonyl (C=O) groups excluding carboxylic acids is 1. The number of rotatable bonds is 7. The molecule has 0 aromatic heterocycles. The molecule has 0 aliphatic carbocycles. The van der Waals surface area contributed by atoms with Gasteiger partial charge in [0.05, 0.1) is 6.54 Å². The first-order valence-corrected chi connectivity index (χ1v) is 6.92. The number of hydrogen-bond donors (Lipinski definition) is 1. The molecule has 4 nitrogen and oxygen atoms in total. The van der Waals surface area contributed by atoms with Crippen molar-refractivity contribution in [1.29, 1.82) is 0 Å². The van der Waals surface area contributed by atoms with Gasteiger partial charge in [0.15, 0.2) is 0 Å². The summed E-state index contributed by atoms with van der Waals surface area (Å²) in [5.41, 5.74) is 5.30. The number of piperidine rings is 1. The van der Waals surface area contributed by atoms with E-state index in [0.29, 0.717) is 12.6 Å². The van der Waals surface area contributed by atoms with Crippen LogP contribution in [-0.2, 0) is 4.79 Å². The van der Waals surface area contributed by atoms with Crippen LogP contribution in [0.15, 0.2) is 0 Å². The molecule has 1 saturated heterocycles. The second-order valence-corrected chi connectivity index (χ2v) is 4.90. The average Bonchev–Trinajstić information content (AvgIpc) is 2.31. The molecule has 2 N–H and O–H groups in total. The van der Waals surface area contributed by atoms with E-state index in [4.69, 9.17) is 5.73 Å². The normalized spacial score (nSPS) is 21.9. The van der Waals surface area contributed by atoms with Gasteiger partial charge in [-0.25, -0.2) is 0 Å². The molecule has 0 radical (unpaired) electrons. The number of nitrogens with zero attached hydrogens (tertiary/aromatic N) is 2. The lowest BCUT2D eigenvalue weighted by Gasteiger charge is -2.36.